The summed E-state index contributed by atoms with van der Waals surface area (Å²) < 4.78 is 6.30. The lowest BCUT2D eigenvalue weighted by Gasteiger charge is -2.40. The van der Waals surface area contributed by atoms with Gasteiger partial charge in [-0.2, -0.15) is 0 Å². The summed E-state index contributed by atoms with van der Waals surface area (Å²) in [5.74, 6) is 0.674. The highest BCUT2D eigenvalue weighted by atomic mass is 79.9. The third kappa shape index (κ3) is 4.05. The minimum Gasteiger partial charge on any atom is -0.444 e. The first-order valence-electron chi connectivity index (χ1n) is 8.44. The van der Waals surface area contributed by atoms with Gasteiger partial charge >= 0.3 is 6.09 Å². The maximum atomic E-state index is 12.5. The number of hydrogen-bond acceptors (Lipinski definition) is 5. The zero-order valence-corrected chi connectivity index (χ0v) is 16.3. The quantitative estimate of drug-likeness (QED) is 0.769. The average Bonchev–Trinajstić information content (AvgIpc) is 2.53. The first kappa shape index (κ1) is 18.0. The molecule has 7 nitrogen and oxygen atoms in total. The first-order chi connectivity index (χ1) is 11.7. The predicted octanol–water partition coefficient (Wildman–Crippen LogP) is 3.00. The summed E-state index contributed by atoms with van der Waals surface area (Å²) in [6, 6.07) is 1.97. The van der Waals surface area contributed by atoms with Crippen molar-refractivity contribution in [2.75, 3.05) is 29.9 Å². The van der Waals surface area contributed by atoms with Gasteiger partial charge in [0.2, 0.25) is 5.91 Å². The van der Waals surface area contributed by atoms with Crippen molar-refractivity contribution in [1.29, 1.82) is 0 Å². The molecule has 0 spiro atoms. The van der Waals surface area contributed by atoms with Crippen LogP contribution in [-0.2, 0) is 9.53 Å². The van der Waals surface area contributed by atoms with Gasteiger partial charge < -0.3 is 15.0 Å². The van der Waals surface area contributed by atoms with Gasteiger partial charge in [0, 0.05) is 29.8 Å². The molecule has 0 unspecified atom stereocenters. The number of hydrogen-bond donors (Lipinski definition) is 1. The van der Waals surface area contributed by atoms with Crippen molar-refractivity contribution in [3.8, 4) is 0 Å². The molecule has 2 amide bonds. The van der Waals surface area contributed by atoms with E-state index in [0.717, 1.165) is 10.2 Å². The molecule has 2 aliphatic rings. The van der Waals surface area contributed by atoms with Gasteiger partial charge in [0.25, 0.3) is 0 Å². The standard InChI is InChI=1S/C17H23BrN4O3/c1-17(2,3)25-16(24)21-6-4-12(5-7-21)22-14(23)10-19-13-8-11(18)9-20-15(13)22/h8-9,12,19H,4-7,10H2,1-3H3. The molecule has 0 radical (unpaired) electrons. The number of fused-ring (bicyclic) bond motifs is 1. The summed E-state index contributed by atoms with van der Waals surface area (Å²) in [6.07, 6.45) is 2.83. The summed E-state index contributed by atoms with van der Waals surface area (Å²) >= 11 is 3.41. The van der Waals surface area contributed by atoms with E-state index in [-0.39, 0.29) is 24.6 Å². The molecule has 136 valence electrons. The Labute approximate surface area is 155 Å². The van der Waals surface area contributed by atoms with Crippen LogP contribution in [0.25, 0.3) is 0 Å². The van der Waals surface area contributed by atoms with E-state index in [1.807, 2.05) is 26.8 Å². The van der Waals surface area contributed by atoms with Gasteiger partial charge in [0.05, 0.1) is 12.2 Å². The number of carbonyl (C=O) groups is 2. The molecule has 3 heterocycles. The van der Waals surface area contributed by atoms with Gasteiger partial charge in [-0.3, -0.25) is 9.69 Å². The zero-order chi connectivity index (χ0) is 18.2. The van der Waals surface area contributed by atoms with E-state index >= 15 is 0 Å². The summed E-state index contributed by atoms with van der Waals surface area (Å²) in [4.78, 5) is 32.6. The number of pyridine rings is 1. The molecule has 8 heteroatoms. The van der Waals surface area contributed by atoms with Crippen LogP contribution < -0.4 is 10.2 Å². The summed E-state index contributed by atoms with van der Waals surface area (Å²) in [7, 11) is 0. The Morgan fingerprint density at radius 3 is 2.68 bits per heavy atom. The molecular formula is C17H23BrN4O3. The van der Waals surface area contributed by atoms with E-state index in [1.54, 1.807) is 16.0 Å². The highest BCUT2D eigenvalue weighted by Crippen LogP contribution is 2.33. The van der Waals surface area contributed by atoms with Crippen molar-refractivity contribution >= 4 is 39.4 Å². The van der Waals surface area contributed by atoms with Gasteiger partial charge in [0.1, 0.15) is 5.60 Å². The minimum atomic E-state index is -0.501. The number of ether oxygens (including phenoxy) is 1. The van der Waals surface area contributed by atoms with Gasteiger partial charge in [-0.15, -0.1) is 0 Å². The lowest BCUT2D eigenvalue weighted by atomic mass is 10.0. The predicted molar refractivity (Wildman–Crippen MR) is 98.7 cm³/mol. The fourth-order valence-electron chi connectivity index (χ4n) is 3.14. The minimum absolute atomic E-state index is 0.0121. The zero-order valence-electron chi connectivity index (χ0n) is 14.7. The molecule has 0 aliphatic carbocycles. The van der Waals surface area contributed by atoms with Crippen LogP contribution in [0.2, 0.25) is 0 Å². The SMILES string of the molecule is CC(C)(C)OC(=O)N1CCC(N2C(=O)CNc3cc(Br)cnc32)CC1. The van der Waals surface area contributed by atoms with E-state index < -0.39 is 5.60 Å². The largest absolute Gasteiger partial charge is 0.444 e. The van der Waals surface area contributed by atoms with Crippen LogP contribution in [0.15, 0.2) is 16.7 Å². The fraction of sp³-hybridized carbons (Fsp3) is 0.588. The Bertz CT molecular complexity index is 681. The van der Waals surface area contributed by atoms with Crippen molar-refractivity contribution in [2.45, 2.75) is 45.3 Å². The number of amides is 2. The molecule has 1 fully saturated rings. The van der Waals surface area contributed by atoms with Gasteiger partial charge in [-0.1, -0.05) is 0 Å². The van der Waals surface area contributed by atoms with Crippen LogP contribution >= 0.6 is 15.9 Å². The van der Waals surface area contributed by atoms with Crippen molar-refractivity contribution in [3.05, 3.63) is 16.7 Å². The average molecular weight is 411 g/mol. The lowest BCUT2D eigenvalue weighted by Crippen LogP contribution is -2.52. The maximum Gasteiger partial charge on any atom is 0.410 e. The molecule has 0 saturated carbocycles. The molecule has 3 rings (SSSR count). The second kappa shape index (κ2) is 6.82. The van der Waals surface area contributed by atoms with Crippen LogP contribution in [-0.4, -0.2) is 53.2 Å². The summed E-state index contributed by atoms with van der Waals surface area (Å²) in [6.45, 7) is 6.98. The number of rotatable bonds is 1. The van der Waals surface area contributed by atoms with E-state index in [2.05, 4.69) is 26.2 Å². The maximum absolute atomic E-state index is 12.5. The highest BCUT2D eigenvalue weighted by Gasteiger charge is 2.35. The van der Waals surface area contributed by atoms with E-state index in [1.165, 1.54) is 0 Å². The second-order valence-electron chi connectivity index (χ2n) is 7.34. The van der Waals surface area contributed by atoms with Crippen LogP contribution in [0.3, 0.4) is 0 Å². The number of likely N-dealkylation sites (tertiary alicyclic amines) is 1. The van der Waals surface area contributed by atoms with E-state index in [9.17, 15) is 9.59 Å². The number of piperidine rings is 1. The van der Waals surface area contributed by atoms with Crippen molar-refractivity contribution < 1.29 is 14.3 Å². The number of nitrogens with one attached hydrogen (secondary N) is 1. The third-order valence-electron chi connectivity index (χ3n) is 4.24. The molecule has 1 saturated heterocycles. The number of aromatic nitrogens is 1. The fourth-order valence-corrected chi connectivity index (χ4v) is 3.47. The molecular weight excluding hydrogens is 388 g/mol. The highest BCUT2D eigenvalue weighted by molar-refractivity contribution is 9.10. The Hall–Kier alpha value is -1.83. The summed E-state index contributed by atoms with van der Waals surface area (Å²) in [5, 5.41) is 3.11. The number of nitrogens with zero attached hydrogens (tertiary/aromatic N) is 3. The molecule has 0 atom stereocenters. The smallest absolute Gasteiger partial charge is 0.410 e. The van der Waals surface area contributed by atoms with Crippen molar-refractivity contribution in [1.82, 2.24) is 9.88 Å². The number of halogens is 1. The Kier molecular flexibility index (Phi) is 4.90. The summed E-state index contributed by atoms with van der Waals surface area (Å²) in [5.41, 5.74) is 0.349. The van der Waals surface area contributed by atoms with Gasteiger partial charge in [0.15, 0.2) is 5.82 Å². The van der Waals surface area contributed by atoms with E-state index in [4.69, 9.17) is 4.74 Å². The third-order valence-corrected chi connectivity index (χ3v) is 4.68. The Morgan fingerprint density at radius 2 is 2.04 bits per heavy atom. The second-order valence-corrected chi connectivity index (χ2v) is 8.26. The number of carbonyl (C=O) groups excluding carboxylic acids is 2. The van der Waals surface area contributed by atoms with Crippen molar-refractivity contribution in [2.24, 2.45) is 0 Å². The molecule has 2 aliphatic heterocycles. The van der Waals surface area contributed by atoms with Crippen LogP contribution in [0.1, 0.15) is 33.6 Å². The van der Waals surface area contributed by atoms with E-state index in [0.29, 0.717) is 31.7 Å². The molecule has 0 bridgehead atoms. The van der Waals surface area contributed by atoms with Crippen LogP contribution in [0.4, 0.5) is 16.3 Å². The molecule has 1 N–H and O–H groups in total. The van der Waals surface area contributed by atoms with Gasteiger partial charge in [-0.05, 0) is 55.6 Å². The molecule has 1 aromatic heterocycles. The monoisotopic (exact) mass is 410 g/mol. The molecule has 1 aromatic rings. The lowest BCUT2D eigenvalue weighted by molar-refractivity contribution is -0.117. The number of anilines is 2. The molecule has 0 aromatic carbocycles. The van der Waals surface area contributed by atoms with Gasteiger partial charge in [-0.25, -0.2) is 9.78 Å². The van der Waals surface area contributed by atoms with Crippen LogP contribution in [0.5, 0.6) is 0 Å². The molecule has 25 heavy (non-hydrogen) atoms. The Morgan fingerprint density at radius 1 is 1.36 bits per heavy atom. The van der Waals surface area contributed by atoms with Crippen LogP contribution in [0, 0.1) is 0 Å². The normalized spacial score (nSPS) is 18.6. The topological polar surface area (TPSA) is 74.8 Å². The van der Waals surface area contributed by atoms with Crippen molar-refractivity contribution in [3.63, 3.8) is 0 Å². The first-order valence-corrected chi connectivity index (χ1v) is 9.23. The Balaban J connectivity index is 1.69.